The molecule has 112 valence electrons. The third-order valence-electron chi connectivity index (χ3n) is 3.21. The predicted octanol–water partition coefficient (Wildman–Crippen LogP) is -0.122. The monoisotopic (exact) mass is 300 g/mol. The van der Waals surface area contributed by atoms with Crippen molar-refractivity contribution in [3.8, 4) is 5.88 Å². The van der Waals surface area contributed by atoms with Crippen molar-refractivity contribution < 1.29 is 14.6 Å². The molecule has 2 N–H and O–H groups in total. The molecule has 2 unspecified atom stereocenters. The zero-order chi connectivity index (χ0) is 14.4. The van der Waals surface area contributed by atoms with Crippen molar-refractivity contribution in [3.63, 3.8) is 0 Å². The maximum absolute atomic E-state index is 12.0. The molecule has 0 aromatic carbocycles. The van der Waals surface area contributed by atoms with Crippen molar-refractivity contribution in [2.75, 3.05) is 26.2 Å². The normalized spacial score (nSPS) is 18.0. The molecule has 20 heavy (non-hydrogen) atoms. The Kier molecular flexibility index (Phi) is 5.69. The van der Waals surface area contributed by atoms with Gasteiger partial charge in [-0.25, -0.2) is 0 Å². The van der Waals surface area contributed by atoms with E-state index >= 15 is 0 Å². The lowest BCUT2D eigenvalue weighted by molar-refractivity contribution is -0.132. The second-order valence-electron chi connectivity index (χ2n) is 4.87. The van der Waals surface area contributed by atoms with Gasteiger partial charge in [-0.1, -0.05) is 0 Å². The van der Waals surface area contributed by atoms with Crippen molar-refractivity contribution in [3.05, 3.63) is 6.20 Å². The van der Waals surface area contributed by atoms with Crippen LogP contribution in [0.1, 0.15) is 19.8 Å². The number of aliphatic hydroxyl groups is 1. The Morgan fingerprint density at radius 1 is 1.60 bits per heavy atom. The van der Waals surface area contributed by atoms with Crippen molar-refractivity contribution in [1.82, 2.24) is 19.0 Å². The van der Waals surface area contributed by atoms with Crippen LogP contribution in [0.2, 0.25) is 0 Å². The van der Waals surface area contributed by atoms with E-state index in [-0.39, 0.29) is 18.6 Å². The minimum Gasteiger partial charge on any atom is -0.473 e. The van der Waals surface area contributed by atoms with Crippen LogP contribution >= 0.6 is 11.7 Å². The summed E-state index contributed by atoms with van der Waals surface area (Å²) in [4.78, 5) is 13.9. The summed E-state index contributed by atoms with van der Waals surface area (Å²) in [6, 6.07) is -0.288. The van der Waals surface area contributed by atoms with Gasteiger partial charge < -0.3 is 20.1 Å². The highest BCUT2D eigenvalue weighted by atomic mass is 32.1. The van der Waals surface area contributed by atoms with Crippen LogP contribution in [0.5, 0.6) is 5.88 Å². The molecule has 2 heterocycles. The van der Waals surface area contributed by atoms with Gasteiger partial charge in [0.25, 0.3) is 0 Å². The summed E-state index contributed by atoms with van der Waals surface area (Å²) in [5.41, 5.74) is 0. The number of amides is 1. The minimum absolute atomic E-state index is 0.0966. The first-order valence-electron chi connectivity index (χ1n) is 6.77. The summed E-state index contributed by atoms with van der Waals surface area (Å²) in [5, 5.41) is 12.8. The Hall–Kier alpha value is -1.25. The fourth-order valence-corrected chi connectivity index (χ4v) is 2.44. The molecular formula is C12H20N4O3S. The highest BCUT2D eigenvalue weighted by molar-refractivity contribution is 6.99. The number of aromatic nitrogens is 2. The van der Waals surface area contributed by atoms with Crippen LogP contribution in [-0.2, 0) is 4.79 Å². The minimum atomic E-state index is -0.689. The molecule has 1 aliphatic heterocycles. The molecule has 1 aromatic heterocycles. The van der Waals surface area contributed by atoms with Crippen LogP contribution in [0.4, 0.5) is 0 Å². The smallest absolute Gasteiger partial charge is 0.245 e. The molecule has 8 heteroatoms. The maximum atomic E-state index is 12.0. The Morgan fingerprint density at radius 2 is 2.35 bits per heavy atom. The van der Waals surface area contributed by atoms with Crippen molar-refractivity contribution >= 4 is 17.6 Å². The average molecular weight is 300 g/mol. The second kappa shape index (κ2) is 7.51. The first-order valence-corrected chi connectivity index (χ1v) is 7.50. The summed E-state index contributed by atoms with van der Waals surface area (Å²) >= 11 is 1.06. The van der Waals surface area contributed by atoms with E-state index in [2.05, 4.69) is 14.1 Å². The first-order chi connectivity index (χ1) is 9.66. The van der Waals surface area contributed by atoms with Crippen molar-refractivity contribution in [2.24, 2.45) is 0 Å². The second-order valence-corrected chi connectivity index (χ2v) is 5.43. The van der Waals surface area contributed by atoms with Gasteiger partial charge in [0.1, 0.15) is 18.9 Å². The molecule has 0 saturated carbocycles. The SMILES string of the molecule is CC(NCC(O)COc1cnsn1)C(=O)N1CCCC1. The quantitative estimate of drug-likeness (QED) is 0.730. The Morgan fingerprint density at radius 3 is 3.00 bits per heavy atom. The van der Waals surface area contributed by atoms with E-state index in [0.29, 0.717) is 12.4 Å². The molecule has 1 saturated heterocycles. The molecule has 0 radical (unpaired) electrons. The average Bonchev–Trinajstić information content (AvgIpc) is 3.13. The summed E-state index contributed by atoms with van der Waals surface area (Å²) in [6.07, 6.45) is 2.97. The number of nitrogens with one attached hydrogen (secondary N) is 1. The molecule has 1 aliphatic rings. The lowest BCUT2D eigenvalue weighted by Crippen LogP contribution is -2.46. The van der Waals surface area contributed by atoms with Gasteiger partial charge in [-0.3, -0.25) is 4.79 Å². The Bertz CT molecular complexity index is 409. The summed E-state index contributed by atoms with van der Waals surface area (Å²) < 4.78 is 12.9. The van der Waals surface area contributed by atoms with Gasteiger partial charge in [0.15, 0.2) is 0 Å². The number of aliphatic hydroxyl groups excluding tert-OH is 1. The summed E-state index contributed by atoms with van der Waals surface area (Å²) in [7, 11) is 0. The third-order valence-corrected chi connectivity index (χ3v) is 3.67. The number of carbonyl (C=O) groups is 1. The molecular weight excluding hydrogens is 280 g/mol. The van der Waals surface area contributed by atoms with E-state index in [1.807, 2.05) is 11.8 Å². The molecule has 2 atom stereocenters. The van der Waals surface area contributed by atoms with Crippen LogP contribution in [0, 0.1) is 0 Å². The topological polar surface area (TPSA) is 87.6 Å². The Balaban J connectivity index is 1.64. The van der Waals surface area contributed by atoms with E-state index in [9.17, 15) is 9.90 Å². The largest absolute Gasteiger partial charge is 0.473 e. The lowest BCUT2D eigenvalue weighted by atomic mass is 10.2. The van der Waals surface area contributed by atoms with E-state index < -0.39 is 6.10 Å². The van der Waals surface area contributed by atoms with E-state index in [1.54, 1.807) is 0 Å². The number of likely N-dealkylation sites (tertiary alicyclic amines) is 1. The van der Waals surface area contributed by atoms with Crippen LogP contribution in [-0.4, -0.2) is 63.0 Å². The molecule has 7 nitrogen and oxygen atoms in total. The molecule has 1 amide bonds. The summed E-state index contributed by atoms with van der Waals surface area (Å²) in [5.74, 6) is 0.509. The van der Waals surface area contributed by atoms with Crippen molar-refractivity contribution in [2.45, 2.75) is 31.9 Å². The Labute approximate surface area is 122 Å². The molecule has 1 aromatic rings. The van der Waals surface area contributed by atoms with Crippen LogP contribution < -0.4 is 10.1 Å². The fraction of sp³-hybridized carbons (Fsp3) is 0.750. The predicted molar refractivity (Wildman–Crippen MR) is 74.7 cm³/mol. The maximum Gasteiger partial charge on any atom is 0.245 e. The van der Waals surface area contributed by atoms with Crippen LogP contribution in [0.25, 0.3) is 0 Å². The van der Waals surface area contributed by atoms with Crippen molar-refractivity contribution in [1.29, 1.82) is 0 Å². The third kappa shape index (κ3) is 4.39. The zero-order valence-corrected chi connectivity index (χ0v) is 12.3. The first kappa shape index (κ1) is 15.1. The number of carbonyl (C=O) groups excluding carboxylic acids is 1. The highest BCUT2D eigenvalue weighted by Gasteiger charge is 2.23. The van der Waals surface area contributed by atoms with Gasteiger partial charge in [-0.2, -0.15) is 4.37 Å². The zero-order valence-electron chi connectivity index (χ0n) is 11.5. The van der Waals surface area contributed by atoms with Crippen LogP contribution in [0.15, 0.2) is 6.20 Å². The summed E-state index contributed by atoms with van der Waals surface area (Å²) in [6.45, 7) is 3.93. The van der Waals surface area contributed by atoms with Gasteiger partial charge >= 0.3 is 0 Å². The molecule has 1 fully saturated rings. The number of rotatable bonds is 7. The molecule has 0 bridgehead atoms. The highest BCUT2D eigenvalue weighted by Crippen LogP contribution is 2.09. The number of nitrogens with zero attached hydrogens (tertiary/aromatic N) is 3. The van der Waals surface area contributed by atoms with Gasteiger partial charge in [-0.15, -0.1) is 4.37 Å². The van der Waals surface area contributed by atoms with Gasteiger partial charge in [0.2, 0.25) is 11.8 Å². The lowest BCUT2D eigenvalue weighted by Gasteiger charge is -2.22. The number of ether oxygens (including phenoxy) is 1. The van der Waals surface area contributed by atoms with Crippen LogP contribution in [0.3, 0.4) is 0 Å². The van der Waals surface area contributed by atoms with E-state index in [4.69, 9.17) is 4.74 Å². The van der Waals surface area contributed by atoms with E-state index in [0.717, 1.165) is 37.7 Å². The molecule has 2 rings (SSSR count). The number of hydrogen-bond donors (Lipinski definition) is 2. The van der Waals surface area contributed by atoms with Gasteiger partial charge in [0, 0.05) is 19.6 Å². The van der Waals surface area contributed by atoms with Gasteiger partial charge in [-0.05, 0) is 19.8 Å². The molecule has 0 spiro atoms. The molecule has 0 aliphatic carbocycles. The van der Waals surface area contributed by atoms with Gasteiger partial charge in [0.05, 0.1) is 17.8 Å². The van der Waals surface area contributed by atoms with E-state index in [1.165, 1.54) is 6.20 Å². The number of hydrogen-bond acceptors (Lipinski definition) is 7. The standard InChI is InChI=1S/C12H20N4O3S/c1-9(12(18)16-4-2-3-5-16)13-6-10(17)8-19-11-7-14-20-15-11/h7,9-10,13,17H,2-6,8H2,1H3. The fourth-order valence-electron chi connectivity index (χ4n) is 2.07.